The highest BCUT2D eigenvalue weighted by atomic mass is 35.5. The molecule has 1 aromatic heterocycles. The molecule has 0 saturated carbocycles. The Hall–Kier alpha value is -3.44. The van der Waals surface area contributed by atoms with E-state index in [-0.39, 0.29) is 11.7 Å². The summed E-state index contributed by atoms with van der Waals surface area (Å²) in [5, 5.41) is 5.11. The van der Waals surface area contributed by atoms with Gasteiger partial charge in [-0.2, -0.15) is 0 Å². The van der Waals surface area contributed by atoms with Gasteiger partial charge in [-0.3, -0.25) is 4.79 Å². The third-order valence-corrected chi connectivity index (χ3v) is 4.73. The lowest BCUT2D eigenvalue weighted by Gasteiger charge is -2.15. The molecule has 144 valence electrons. The van der Waals surface area contributed by atoms with Gasteiger partial charge in [-0.15, -0.1) is 5.10 Å². The van der Waals surface area contributed by atoms with Crippen LogP contribution in [0.3, 0.4) is 0 Å². The Morgan fingerprint density at radius 2 is 1.66 bits per heavy atom. The van der Waals surface area contributed by atoms with E-state index in [4.69, 9.17) is 11.6 Å². The number of halogens is 1. The Morgan fingerprint density at radius 3 is 2.34 bits per heavy atom. The van der Waals surface area contributed by atoms with E-state index < -0.39 is 0 Å². The minimum absolute atomic E-state index is 0.141. The normalized spacial score (nSPS) is 10.7. The number of carbonyl (C=O) groups is 1. The van der Waals surface area contributed by atoms with Gasteiger partial charge in [0.25, 0.3) is 5.91 Å². The molecule has 1 heterocycles. The standard InChI is InChI=1S/C23H19ClN4O/c1-27(16-17-9-4-2-5-10-17)23(29)21-25-22(18-11-6-3-7-12-18)28(26-21)20-14-8-13-19(24)15-20/h2-15H,16H2,1H3. The van der Waals surface area contributed by atoms with E-state index in [1.807, 2.05) is 72.8 Å². The Balaban J connectivity index is 1.72. The molecule has 4 rings (SSSR count). The number of benzene rings is 3. The molecule has 0 N–H and O–H groups in total. The Labute approximate surface area is 174 Å². The molecule has 6 heteroatoms. The second-order valence-corrected chi connectivity index (χ2v) is 7.10. The first-order chi connectivity index (χ1) is 14.1. The monoisotopic (exact) mass is 402 g/mol. The SMILES string of the molecule is CN(Cc1ccccc1)C(=O)c1nc(-c2ccccc2)n(-c2cccc(Cl)c2)n1. The van der Waals surface area contributed by atoms with Crippen LogP contribution >= 0.6 is 11.6 Å². The zero-order chi connectivity index (χ0) is 20.2. The first-order valence-corrected chi connectivity index (χ1v) is 9.57. The Bertz CT molecular complexity index is 1130. The highest BCUT2D eigenvalue weighted by Crippen LogP contribution is 2.23. The van der Waals surface area contributed by atoms with Gasteiger partial charge >= 0.3 is 0 Å². The van der Waals surface area contributed by atoms with Gasteiger partial charge < -0.3 is 4.90 Å². The van der Waals surface area contributed by atoms with Crippen molar-refractivity contribution in [1.29, 1.82) is 0 Å². The summed E-state index contributed by atoms with van der Waals surface area (Å²) in [5.74, 6) is 0.485. The molecule has 4 aromatic rings. The molecule has 0 bridgehead atoms. The predicted molar refractivity (Wildman–Crippen MR) is 114 cm³/mol. The number of aromatic nitrogens is 3. The molecule has 0 aliphatic heterocycles. The summed E-state index contributed by atoms with van der Waals surface area (Å²) in [7, 11) is 1.75. The molecule has 29 heavy (non-hydrogen) atoms. The average Bonchev–Trinajstić information content (AvgIpc) is 3.20. The van der Waals surface area contributed by atoms with Gasteiger partial charge in [-0.25, -0.2) is 9.67 Å². The van der Waals surface area contributed by atoms with E-state index in [0.717, 1.165) is 16.8 Å². The van der Waals surface area contributed by atoms with Gasteiger partial charge in [0.15, 0.2) is 5.82 Å². The van der Waals surface area contributed by atoms with Crippen LogP contribution in [0.5, 0.6) is 0 Å². The van der Waals surface area contributed by atoms with Gasteiger partial charge in [0.05, 0.1) is 5.69 Å². The number of rotatable bonds is 5. The minimum atomic E-state index is -0.244. The second kappa shape index (κ2) is 8.29. The molecule has 0 aliphatic rings. The van der Waals surface area contributed by atoms with Crippen molar-refractivity contribution in [1.82, 2.24) is 19.7 Å². The highest BCUT2D eigenvalue weighted by molar-refractivity contribution is 6.30. The average molecular weight is 403 g/mol. The van der Waals surface area contributed by atoms with Crippen molar-refractivity contribution in [2.75, 3.05) is 7.05 Å². The topological polar surface area (TPSA) is 51.0 Å². The molecule has 0 spiro atoms. The van der Waals surface area contributed by atoms with Crippen LogP contribution in [-0.4, -0.2) is 32.6 Å². The van der Waals surface area contributed by atoms with Crippen LogP contribution in [0, 0.1) is 0 Å². The smallest absolute Gasteiger partial charge is 0.293 e. The van der Waals surface area contributed by atoms with Crippen LogP contribution in [0.15, 0.2) is 84.9 Å². The second-order valence-electron chi connectivity index (χ2n) is 6.66. The zero-order valence-electron chi connectivity index (χ0n) is 15.9. The van der Waals surface area contributed by atoms with Crippen molar-refractivity contribution in [2.24, 2.45) is 0 Å². The van der Waals surface area contributed by atoms with E-state index >= 15 is 0 Å². The summed E-state index contributed by atoms with van der Waals surface area (Å²) in [6.07, 6.45) is 0. The lowest BCUT2D eigenvalue weighted by Crippen LogP contribution is -2.27. The van der Waals surface area contributed by atoms with Crippen LogP contribution in [-0.2, 0) is 6.54 Å². The molecule has 5 nitrogen and oxygen atoms in total. The van der Waals surface area contributed by atoms with Crippen molar-refractivity contribution in [3.63, 3.8) is 0 Å². The highest BCUT2D eigenvalue weighted by Gasteiger charge is 2.21. The molecule has 0 atom stereocenters. The Kier molecular flexibility index (Phi) is 5.40. The van der Waals surface area contributed by atoms with E-state index in [1.54, 1.807) is 28.8 Å². The summed E-state index contributed by atoms with van der Waals surface area (Å²) in [5.41, 5.74) is 2.65. The molecular weight excluding hydrogens is 384 g/mol. The van der Waals surface area contributed by atoms with E-state index in [0.29, 0.717) is 17.4 Å². The molecule has 0 saturated heterocycles. The molecule has 0 aliphatic carbocycles. The first kappa shape index (κ1) is 18.9. The fourth-order valence-corrected chi connectivity index (χ4v) is 3.25. The third kappa shape index (κ3) is 4.20. The quantitative estimate of drug-likeness (QED) is 0.479. The maximum atomic E-state index is 13.0. The molecule has 0 fully saturated rings. The summed E-state index contributed by atoms with van der Waals surface area (Å²) >= 11 is 6.17. The van der Waals surface area contributed by atoms with Gasteiger partial charge in [-0.1, -0.05) is 78.3 Å². The van der Waals surface area contributed by atoms with Crippen LogP contribution < -0.4 is 0 Å². The summed E-state index contributed by atoms with van der Waals surface area (Å²) in [4.78, 5) is 19.2. The van der Waals surface area contributed by atoms with Crippen LogP contribution in [0.25, 0.3) is 17.1 Å². The summed E-state index contributed by atoms with van der Waals surface area (Å²) in [6, 6.07) is 26.8. The van der Waals surface area contributed by atoms with Crippen LogP contribution in [0.1, 0.15) is 16.2 Å². The lowest BCUT2D eigenvalue weighted by atomic mass is 10.2. The largest absolute Gasteiger partial charge is 0.335 e. The van der Waals surface area contributed by atoms with Gasteiger partial charge in [0, 0.05) is 24.2 Å². The van der Waals surface area contributed by atoms with Crippen LogP contribution in [0.4, 0.5) is 0 Å². The van der Waals surface area contributed by atoms with Crippen molar-refractivity contribution in [3.8, 4) is 17.1 Å². The number of hydrogen-bond acceptors (Lipinski definition) is 3. The summed E-state index contributed by atoms with van der Waals surface area (Å²) in [6.45, 7) is 0.478. The van der Waals surface area contributed by atoms with E-state index in [1.165, 1.54) is 0 Å². The maximum Gasteiger partial charge on any atom is 0.293 e. The fraction of sp³-hybridized carbons (Fsp3) is 0.0870. The van der Waals surface area contributed by atoms with Gasteiger partial charge in [0.1, 0.15) is 0 Å². The maximum absolute atomic E-state index is 13.0. The lowest BCUT2D eigenvalue weighted by molar-refractivity contribution is 0.0773. The number of nitrogens with zero attached hydrogens (tertiary/aromatic N) is 4. The van der Waals surface area contributed by atoms with Crippen molar-refractivity contribution >= 4 is 17.5 Å². The van der Waals surface area contributed by atoms with Crippen molar-refractivity contribution in [2.45, 2.75) is 6.54 Å². The van der Waals surface area contributed by atoms with Gasteiger partial charge in [0.2, 0.25) is 5.82 Å². The number of hydrogen-bond donors (Lipinski definition) is 0. The fourth-order valence-electron chi connectivity index (χ4n) is 3.06. The number of amides is 1. The van der Waals surface area contributed by atoms with E-state index in [2.05, 4.69) is 10.1 Å². The molecule has 3 aromatic carbocycles. The molecule has 1 amide bonds. The van der Waals surface area contributed by atoms with Crippen molar-refractivity contribution < 1.29 is 4.79 Å². The summed E-state index contributed by atoms with van der Waals surface area (Å²) < 4.78 is 1.66. The van der Waals surface area contributed by atoms with Crippen molar-refractivity contribution in [3.05, 3.63) is 101 Å². The van der Waals surface area contributed by atoms with Gasteiger partial charge in [-0.05, 0) is 23.8 Å². The Morgan fingerprint density at radius 1 is 0.966 bits per heavy atom. The number of carbonyl (C=O) groups excluding carboxylic acids is 1. The molecular formula is C23H19ClN4O. The zero-order valence-corrected chi connectivity index (χ0v) is 16.6. The first-order valence-electron chi connectivity index (χ1n) is 9.19. The third-order valence-electron chi connectivity index (χ3n) is 4.49. The molecule has 0 unspecified atom stereocenters. The molecule has 0 radical (unpaired) electrons. The minimum Gasteiger partial charge on any atom is -0.335 e. The van der Waals surface area contributed by atoms with E-state index in [9.17, 15) is 4.79 Å². The van der Waals surface area contributed by atoms with Crippen LogP contribution in [0.2, 0.25) is 5.02 Å². The predicted octanol–water partition coefficient (Wildman–Crippen LogP) is 4.86.